The fourth-order valence-electron chi connectivity index (χ4n) is 1.44. The molecule has 1 aromatic heterocycles. The molecule has 0 bridgehead atoms. The molecule has 114 valence electrons. The van der Waals surface area contributed by atoms with Crippen LogP contribution in [0.4, 0.5) is 0 Å². The van der Waals surface area contributed by atoms with E-state index in [2.05, 4.69) is 10.1 Å². The van der Waals surface area contributed by atoms with Crippen LogP contribution in [-0.4, -0.2) is 18.6 Å². The predicted molar refractivity (Wildman–Crippen MR) is 77.5 cm³/mol. The zero-order chi connectivity index (χ0) is 15.6. The molecule has 2 aromatic rings. The molecule has 0 aliphatic carbocycles. The summed E-state index contributed by atoms with van der Waals surface area (Å²) in [4.78, 5) is 3.85. The fraction of sp³-hybridized carbons (Fsp3) is 0.273. The van der Waals surface area contributed by atoms with Crippen molar-refractivity contribution in [2.75, 3.05) is 0 Å². The smallest absolute Gasteiger partial charge is 0.261 e. The lowest BCUT2D eigenvalue weighted by molar-refractivity contribution is 0.285. The van der Waals surface area contributed by atoms with E-state index in [1.165, 1.54) is 0 Å². The molecule has 0 saturated heterocycles. The van der Waals surface area contributed by atoms with Gasteiger partial charge in [0.05, 0.1) is 14.9 Å². The molecule has 6 nitrogen and oxygen atoms in total. The summed E-state index contributed by atoms with van der Waals surface area (Å²) in [5.74, 6) is 0.924. The van der Waals surface area contributed by atoms with Gasteiger partial charge in [-0.15, -0.1) is 0 Å². The predicted octanol–water partition coefficient (Wildman–Crippen LogP) is 3.45. The van der Waals surface area contributed by atoms with Crippen LogP contribution >= 0.6 is 33.9 Å². The third-order valence-electron chi connectivity index (χ3n) is 2.41. The Morgan fingerprint density at radius 2 is 1.90 bits per heavy atom. The lowest BCUT2D eigenvalue weighted by Crippen LogP contribution is -2.00. The van der Waals surface area contributed by atoms with Crippen molar-refractivity contribution in [3.8, 4) is 5.75 Å². The summed E-state index contributed by atoms with van der Waals surface area (Å²) >= 11 is 11.9. The van der Waals surface area contributed by atoms with E-state index in [9.17, 15) is 8.42 Å². The molecule has 0 aliphatic rings. The van der Waals surface area contributed by atoms with Gasteiger partial charge in [-0.25, -0.2) is 8.42 Å². The minimum absolute atomic E-state index is 0.0148. The Labute approximate surface area is 135 Å². The number of aryl methyl sites for hydroxylation is 1. The van der Waals surface area contributed by atoms with Gasteiger partial charge >= 0.3 is 0 Å². The van der Waals surface area contributed by atoms with E-state index < -0.39 is 9.05 Å². The van der Waals surface area contributed by atoms with E-state index >= 15 is 0 Å². The first-order chi connectivity index (χ1) is 9.81. The Morgan fingerprint density at radius 3 is 2.38 bits per heavy atom. The summed E-state index contributed by atoms with van der Waals surface area (Å²) in [6.45, 7) is 1.85. The molecular formula is C11H9Cl3N2O4S. The fourth-order valence-corrected chi connectivity index (χ4v) is 2.95. The second-order valence-electron chi connectivity index (χ2n) is 3.90. The maximum absolute atomic E-state index is 11.2. The highest BCUT2D eigenvalue weighted by Crippen LogP contribution is 2.36. The molecule has 10 heteroatoms. The van der Waals surface area contributed by atoms with E-state index in [-0.39, 0.29) is 27.3 Å². The summed E-state index contributed by atoms with van der Waals surface area (Å²) in [6, 6.07) is 2.30. The van der Waals surface area contributed by atoms with Gasteiger partial charge in [0.1, 0.15) is 0 Å². The average Bonchev–Trinajstić information content (AvgIpc) is 2.84. The highest BCUT2D eigenvalue weighted by molar-refractivity contribution is 8.13. The molecule has 0 unspecified atom stereocenters. The molecule has 1 heterocycles. The summed E-state index contributed by atoms with van der Waals surface area (Å²) in [5.41, 5.74) is 0. The van der Waals surface area contributed by atoms with Crippen LogP contribution in [0.3, 0.4) is 0 Å². The first kappa shape index (κ1) is 16.4. The third kappa shape index (κ3) is 4.00. The van der Waals surface area contributed by atoms with Gasteiger partial charge in [0.2, 0.25) is 11.7 Å². The number of ether oxygens (including phenoxy) is 1. The summed E-state index contributed by atoms with van der Waals surface area (Å²) in [6.07, 6.45) is 0.608. The second kappa shape index (κ2) is 6.39. The van der Waals surface area contributed by atoms with E-state index in [0.29, 0.717) is 18.1 Å². The van der Waals surface area contributed by atoms with Crippen LogP contribution in [0.15, 0.2) is 21.6 Å². The molecule has 2 rings (SSSR count). The van der Waals surface area contributed by atoms with Crippen LogP contribution in [0.25, 0.3) is 0 Å². The molecule has 0 radical (unpaired) electrons. The Bertz CT molecular complexity index is 738. The molecule has 0 spiro atoms. The minimum Gasteiger partial charge on any atom is -0.482 e. The number of hydrogen-bond acceptors (Lipinski definition) is 6. The van der Waals surface area contributed by atoms with E-state index in [1.807, 2.05) is 6.92 Å². The van der Waals surface area contributed by atoms with Crippen molar-refractivity contribution < 1.29 is 17.7 Å². The number of halogens is 3. The van der Waals surface area contributed by atoms with Crippen LogP contribution < -0.4 is 4.74 Å². The zero-order valence-corrected chi connectivity index (χ0v) is 13.7. The largest absolute Gasteiger partial charge is 0.482 e. The van der Waals surface area contributed by atoms with Gasteiger partial charge in [-0.1, -0.05) is 35.3 Å². The van der Waals surface area contributed by atoms with Gasteiger partial charge in [0.15, 0.2) is 12.4 Å². The second-order valence-corrected chi connectivity index (χ2v) is 7.28. The van der Waals surface area contributed by atoms with E-state index in [0.717, 1.165) is 12.1 Å². The molecule has 21 heavy (non-hydrogen) atoms. The molecule has 0 amide bonds. The van der Waals surface area contributed by atoms with Crippen molar-refractivity contribution in [3.05, 3.63) is 33.9 Å². The third-order valence-corrected chi connectivity index (χ3v) is 4.31. The Morgan fingerprint density at radius 1 is 1.29 bits per heavy atom. The van der Waals surface area contributed by atoms with Crippen molar-refractivity contribution in [2.24, 2.45) is 0 Å². The topological polar surface area (TPSA) is 82.3 Å². The standard InChI is InChI=1S/C11H9Cl3N2O4S/c1-2-10-15-9(16-20-10)5-19-11-7(12)3-6(4-8(11)13)21(14,17)18/h3-4H,2,5H2,1H3. The summed E-state index contributed by atoms with van der Waals surface area (Å²) < 4.78 is 32.8. The molecular weight excluding hydrogens is 363 g/mol. The highest BCUT2D eigenvalue weighted by atomic mass is 35.7. The first-order valence-corrected chi connectivity index (χ1v) is 8.75. The number of hydrogen-bond donors (Lipinski definition) is 0. The molecule has 0 aliphatic heterocycles. The normalized spacial score (nSPS) is 11.6. The van der Waals surface area contributed by atoms with Crippen LogP contribution in [0, 0.1) is 0 Å². The first-order valence-electron chi connectivity index (χ1n) is 5.69. The Kier molecular flexibility index (Phi) is 4.98. The van der Waals surface area contributed by atoms with Crippen molar-refractivity contribution in [1.82, 2.24) is 10.1 Å². The Hall–Kier alpha value is -1.02. The van der Waals surface area contributed by atoms with Crippen LogP contribution in [0.5, 0.6) is 5.75 Å². The summed E-state index contributed by atoms with van der Waals surface area (Å²) in [7, 11) is 1.30. The molecule has 1 aromatic carbocycles. The lowest BCUT2D eigenvalue weighted by atomic mass is 10.3. The quantitative estimate of drug-likeness (QED) is 0.749. The highest BCUT2D eigenvalue weighted by Gasteiger charge is 2.17. The molecule has 0 saturated carbocycles. The number of benzene rings is 1. The van der Waals surface area contributed by atoms with E-state index in [1.54, 1.807) is 0 Å². The van der Waals surface area contributed by atoms with Crippen LogP contribution in [0.2, 0.25) is 10.0 Å². The Balaban J connectivity index is 2.21. The van der Waals surface area contributed by atoms with Gasteiger partial charge in [-0.3, -0.25) is 0 Å². The van der Waals surface area contributed by atoms with Crippen LogP contribution in [-0.2, 0) is 22.1 Å². The van der Waals surface area contributed by atoms with Crippen LogP contribution in [0.1, 0.15) is 18.6 Å². The SMILES string of the molecule is CCc1nc(COc2c(Cl)cc(S(=O)(=O)Cl)cc2Cl)no1. The van der Waals surface area contributed by atoms with Gasteiger partial charge in [0, 0.05) is 17.1 Å². The number of nitrogens with zero attached hydrogens (tertiary/aromatic N) is 2. The maximum Gasteiger partial charge on any atom is 0.261 e. The van der Waals surface area contributed by atoms with Crippen molar-refractivity contribution in [2.45, 2.75) is 24.8 Å². The maximum atomic E-state index is 11.2. The van der Waals surface area contributed by atoms with Gasteiger partial charge in [0.25, 0.3) is 9.05 Å². The van der Waals surface area contributed by atoms with Gasteiger partial charge in [-0.05, 0) is 12.1 Å². The lowest BCUT2D eigenvalue weighted by Gasteiger charge is -2.09. The molecule has 0 N–H and O–H groups in total. The molecule has 0 atom stereocenters. The average molecular weight is 372 g/mol. The van der Waals surface area contributed by atoms with Crippen molar-refractivity contribution in [1.29, 1.82) is 0 Å². The summed E-state index contributed by atoms with van der Waals surface area (Å²) in [5, 5.41) is 3.73. The number of aromatic nitrogens is 2. The van der Waals surface area contributed by atoms with Gasteiger partial charge < -0.3 is 9.26 Å². The zero-order valence-electron chi connectivity index (χ0n) is 10.6. The molecule has 0 fully saturated rings. The van der Waals surface area contributed by atoms with Crippen molar-refractivity contribution >= 4 is 42.9 Å². The van der Waals surface area contributed by atoms with Gasteiger partial charge in [-0.2, -0.15) is 4.98 Å². The monoisotopic (exact) mass is 370 g/mol. The van der Waals surface area contributed by atoms with E-state index in [4.69, 9.17) is 43.1 Å². The number of rotatable bonds is 5. The van der Waals surface area contributed by atoms with Crippen molar-refractivity contribution in [3.63, 3.8) is 0 Å². The minimum atomic E-state index is -3.92.